The zero-order valence-corrected chi connectivity index (χ0v) is 12.7. The molecule has 1 saturated carbocycles. The fourth-order valence-corrected chi connectivity index (χ4v) is 3.21. The number of nitrogens with two attached hydrogens (primary N) is 1. The molecule has 1 fully saturated rings. The molecule has 1 amide bonds. The summed E-state index contributed by atoms with van der Waals surface area (Å²) in [4.78, 5) is 16.6. The Morgan fingerprint density at radius 3 is 2.84 bits per heavy atom. The summed E-state index contributed by atoms with van der Waals surface area (Å²) in [7, 11) is 0. The minimum atomic E-state index is -0.279. The Kier molecular flexibility index (Phi) is 4.26. The van der Waals surface area contributed by atoms with Crippen molar-refractivity contribution in [1.82, 2.24) is 10.3 Å². The summed E-state index contributed by atoms with van der Waals surface area (Å²) in [5.74, 6) is 0.990. The highest BCUT2D eigenvalue weighted by Crippen LogP contribution is 2.39. The van der Waals surface area contributed by atoms with Crippen LogP contribution in [0.5, 0.6) is 0 Å². The predicted molar refractivity (Wildman–Crippen MR) is 78.3 cm³/mol. The maximum absolute atomic E-state index is 12.2. The van der Waals surface area contributed by atoms with Gasteiger partial charge in [-0.1, -0.05) is 13.8 Å². The number of nitrogens with zero attached hydrogens (tertiary/aromatic N) is 1. The normalized spacial score (nSPS) is 18.4. The van der Waals surface area contributed by atoms with Gasteiger partial charge in [-0.2, -0.15) is 0 Å². The summed E-state index contributed by atoms with van der Waals surface area (Å²) in [6.45, 7) is 6.82. The van der Waals surface area contributed by atoms with Gasteiger partial charge >= 0.3 is 0 Å². The lowest BCUT2D eigenvalue weighted by atomic mass is 9.96. The van der Waals surface area contributed by atoms with E-state index in [4.69, 9.17) is 5.73 Å². The zero-order valence-electron chi connectivity index (χ0n) is 11.9. The number of amides is 1. The molecule has 3 N–H and O–H groups in total. The van der Waals surface area contributed by atoms with Crippen molar-refractivity contribution in [1.29, 1.82) is 0 Å². The Morgan fingerprint density at radius 2 is 2.32 bits per heavy atom. The summed E-state index contributed by atoms with van der Waals surface area (Å²) >= 11 is 1.56. The van der Waals surface area contributed by atoms with Gasteiger partial charge in [0.2, 0.25) is 0 Å². The monoisotopic (exact) mass is 281 g/mol. The molecule has 1 aromatic heterocycles. The van der Waals surface area contributed by atoms with E-state index in [1.165, 1.54) is 0 Å². The summed E-state index contributed by atoms with van der Waals surface area (Å²) in [5, 5.41) is 5.94. The molecule has 1 aliphatic carbocycles. The quantitative estimate of drug-likeness (QED) is 0.840. The molecule has 1 aliphatic rings. The number of hydrogen-bond acceptors (Lipinski definition) is 4. The van der Waals surface area contributed by atoms with E-state index >= 15 is 0 Å². The van der Waals surface area contributed by atoms with Crippen LogP contribution in [-0.2, 0) is 6.42 Å². The maximum atomic E-state index is 12.2. The van der Waals surface area contributed by atoms with Crippen molar-refractivity contribution in [2.24, 2.45) is 17.6 Å². The Labute approximate surface area is 118 Å². The van der Waals surface area contributed by atoms with Crippen molar-refractivity contribution in [2.45, 2.75) is 45.6 Å². The number of carbonyl (C=O) groups is 1. The first-order chi connectivity index (χ1) is 8.94. The van der Waals surface area contributed by atoms with Gasteiger partial charge in [0.05, 0.1) is 10.5 Å². The Balaban J connectivity index is 2.01. The second kappa shape index (κ2) is 5.59. The Hall–Kier alpha value is -0.940. The lowest BCUT2D eigenvalue weighted by Gasteiger charge is -2.29. The zero-order chi connectivity index (χ0) is 14.0. The molecule has 0 aliphatic heterocycles. The van der Waals surface area contributed by atoms with Crippen LogP contribution >= 0.6 is 11.3 Å². The SMILES string of the molecule is CC(C)Cc1nc(C(=O)NC(C)(CN)C2CC2)cs1. The molecule has 1 heterocycles. The molecular weight excluding hydrogens is 258 g/mol. The van der Waals surface area contributed by atoms with Gasteiger partial charge < -0.3 is 11.1 Å². The van der Waals surface area contributed by atoms with Gasteiger partial charge in [-0.3, -0.25) is 4.79 Å². The van der Waals surface area contributed by atoms with Crippen LogP contribution in [-0.4, -0.2) is 23.0 Å². The van der Waals surface area contributed by atoms with Gasteiger partial charge in [-0.25, -0.2) is 4.98 Å². The predicted octanol–water partition coefficient (Wildman–Crippen LogP) is 2.20. The third-order valence-electron chi connectivity index (χ3n) is 3.67. The maximum Gasteiger partial charge on any atom is 0.271 e. The highest BCUT2D eigenvalue weighted by Gasteiger charge is 2.41. The number of nitrogens with one attached hydrogen (secondary N) is 1. The highest BCUT2D eigenvalue weighted by molar-refractivity contribution is 7.09. The standard InChI is InChI=1S/C14H23N3OS/c1-9(2)6-12-16-11(7-19-12)13(18)17-14(3,8-15)10-4-5-10/h7,9-10H,4-6,8,15H2,1-3H3,(H,17,18). The van der Waals surface area contributed by atoms with Crippen molar-refractivity contribution in [2.75, 3.05) is 6.54 Å². The van der Waals surface area contributed by atoms with E-state index in [-0.39, 0.29) is 11.4 Å². The average Bonchev–Trinajstić information content (AvgIpc) is 3.10. The summed E-state index contributed by atoms with van der Waals surface area (Å²) in [6, 6.07) is 0. The van der Waals surface area contributed by atoms with Crippen molar-refractivity contribution in [3.05, 3.63) is 16.1 Å². The first-order valence-electron chi connectivity index (χ1n) is 6.91. The molecule has 0 spiro atoms. The minimum Gasteiger partial charge on any atom is -0.344 e. The van der Waals surface area contributed by atoms with E-state index in [1.54, 1.807) is 11.3 Å². The van der Waals surface area contributed by atoms with E-state index in [9.17, 15) is 4.79 Å². The first kappa shape index (κ1) is 14.5. The van der Waals surface area contributed by atoms with Crippen LogP contribution in [0.1, 0.15) is 49.1 Å². The van der Waals surface area contributed by atoms with E-state index < -0.39 is 0 Å². The van der Waals surface area contributed by atoms with Crippen LogP contribution in [0.3, 0.4) is 0 Å². The van der Waals surface area contributed by atoms with Gasteiger partial charge in [0.25, 0.3) is 5.91 Å². The van der Waals surface area contributed by atoms with Crippen molar-refractivity contribution in [3.63, 3.8) is 0 Å². The summed E-state index contributed by atoms with van der Waals surface area (Å²) in [5.41, 5.74) is 6.06. The van der Waals surface area contributed by atoms with Gasteiger partial charge in [-0.05, 0) is 31.6 Å². The van der Waals surface area contributed by atoms with Crippen LogP contribution < -0.4 is 11.1 Å². The lowest BCUT2D eigenvalue weighted by Crippen LogP contribution is -2.53. The van der Waals surface area contributed by atoms with Crippen molar-refractivity contribution in [3.8, 4) is 0 Å². The van der Waals surface area contributed by atoms with Gasteiger partial charge in [0.15, 0.2) is 0 Å². The van der Waals surface area contributed by atoms with E-state index in [1.807, 2.05) is 12.3 Å². The molecule has 0 bridgehead atoms. The smallest absolute Gasteiger partial charge is 0.271 e. The fourth-order valence-electron chi connectivity index (χ4n) is 2.22. The number of rotatable bonds is 6. The molecule has 2 rings (SSSR count). The second-order valence-electron chi connectivity index (χ2n) is 6.07. The van der Waals surface area contributed by atoms with Crippen LogP contribution in [0, 0.1) is 11.8 Å². The first-order valence-corrected chi connectivity index (χ1v) is 7.79. The topological polar surface area (TPSA) is 68.0 Å². The van der Waals surface area contributed by atoms with Crippen LogP contribution in [0.15, 0.2) is 5.38 Å². The number of carbonyl (C=O) groups excluding carboxylic acids is 1. The second-order valence-corrected chi connectivity index (χ2v) is 7.02. The summed E-state index contributed by atoms with van der Waals surface area (Å²) < 4.78 is 0. The van der Waals surface area contributed by atoms with E-state index in [0.717, 1.165) is 24.3 Å². The Bertz CT molecular complexity index is 453. The van der Waals surface area contributed by atoms with Crippen LogP contribution in [0.25, 0.3) is 0 Å². The van der Waals surface area contributed by atoms with Gasteiger partial charge in [0.1, 0.15) is 5.69 Å². The number of thiazole rings is 1. The van der Waals surface area contributed by atoms with Crippen LogP contribution in [0.4, 0.5) is 0 Å². The fraction of sp³-hybridized carbons (Fsp3) is 0.714. The molecule has 1 aromatic rings. The highest BCUT2D eigenvalue weighted by atomic mass is 32.1. The molecule has 19 heavy (non-hydrogen) atoms. The lowest BCUT2D eigenvalue weighted by molar-refractivity contribution is 0.0893. The molecule has 0 saturated heterocycles. The van der Waals surface area contributed by atoms with Gasteiger partial charge in [0, 0.05) is 18.3 Å². The minimum absolute atomic E-state index is 0.0916. The molecule has 0 aromatic carbocycles. The van der Waals surface area contributed by atoms with Gasteiger partial charge in [-0.15, -0.1) is 11.3 Å². The third-order valence-corrected chi connectivity index (χ3v) is 4.54. The molecule has 106 valence electrons. The molecule has 4 nitrogen and oxygen atoms in total. The largest absolute Gasteiger partial charge is 0.344 e. The number of aromatic nitrogens is 1. The van der Waals surface area contributed by atoms with E-state index in [0.29, 0.717) is 24.1 Å². The Morgan fingerprint density at radius 1 is 1.63 bits per heavy atom. The molecule has 5 heteroatoms. The van der Waals surface area contributed by atoms with Crippen molar-refractivity contribution >= 4 is 17.2 Å². The third kappa shape index (κ3) is 3.54. The average molecular weight is 281 g/mol. The number of hydrogen-bond donors (Lipinski definition) is 2. The molecule has 1 unspecified atom stereocenters. The van der Waals surface area contributed by atoms with Crippen molar-refractivity contribution < 1.29 is 4.79 Å². The summed E-state index contributed by atoms with van der Waals surface area (Å²) in [6.07, 6.45) is 3.24. The molecule has 1 atom stereocenters. The molecule has 0 radical (unpaired) electrons. The van der Waals surface area contributed by atoms with E-state index in [2.05, 4.69) is 24.1 Å². The molecular formula is C14H23N3OS. The van der Waals surface area contributed by atoms with Crippen LogP contribution in [0.2, 0.25) is 0 Å².